The number of thiol groups is 1. The number of piperazine rings is 1. The monoisotopic (exact) mass is 544 g/mol. The second kappa shape index (κ2) is 12.2. The molecule has 0 bridgehead atoms. The fourth-order valence-corrected chi connectivity index (χ4v) is 4.75. The highest BCUT2D eigenvalue weighted by Gasteiger charge is 2.25. The van der Waals surface area contributed by atoms with Crippen LogP contribution >= 0.6 is 12.6 Å². The SMILES string of the molecule is CC(=O)Nc1ccc(-c2nc(C(S)c3cccc(CC(C)C(=O)N4CCN(C)CC4)n3)nc(N)c2C#N)cc1. The minimum absolute atomic E-state index is 0.0463. The van der Waals surface area contributed by atoms with Crippen LogP contribution in [0.5, 0.6) is 0 Å². The summed E-state index contributed by atoms with van der Waals surface area (Å²) >= 11 is 4.75. The number of amides is 2. The molecule has 202 valence electrons. The van der Waals surface area contributed by atoms with E-state index in [0.29, 0.717) is 34.9 Å². The Hall–Kier alpha value is -4.01. The lowest BCUT2D eigenvalue weighted by Crippen LogP contribution is -2.48. The van der Waals surface area contributed by atoms with Gasteiger partial charge < -0.3 is 20.9 Å². The van der Waals surface area contributed by atoms with Gasteiger partial charge in [0.05, 0.1) is 11.4 Å². The molecule has 1 aliphatic heterocycles. The van der Waals surface area contributed by atoms with Crippen molar-refractivity contribution in [1.29, 1.82) is 5.26 Å². The minimum Gasteiger partial charge on any atom is -0.382 e. The number of hydrogen-bond acceptors (Lipinski definition) is 9. The lowest BCUT2D eigenvalue weighted by Gasteiger charge is -2.34. The Labute approximate surface area is 233 Å². The lowest BCUT2D eigenvalue weighted by atomic mass is 10.0. The number of likely N-dealkylation sites (N-methyl/N-ethyl adjacent to an activating group) is 1. The Balaban J connectivity index is 1.56. The smallest absolute Gasteiger partial charge is 0.225 e. The molecular weight excluding hydrogens is 512 g/mol. The zero-order chi connectivity index (χ0) is 28.1. The number of carbonyl (C=O) groups is 2. The van der Waals surface area contributed by atoms with Crippen LogP contribution in [-0.4, -0.2) is 69.8 Å². The third-order valence-corrected chi connectivity index (χ3v) is 7.15. The molecule has 2 aromatic heterocycles. The fraction of sp³-hybridized carbons (Fsp3) is 0.357. The molecule has 0 spiro atoms. The predicted molar refractivity (Wildman–Crippen MR) is 153 cm³/mol. The molecule has 3 heterocycles. The van der Waals surface area contributed by atoms with Crippen LogP contribution in [0.3, 0.4) is 0 Å². The van der Waals surface area contributed by atoms with Crippen LogP contribution in [0.15, 0.2) is 42.5 Å². The van der Waals surface area contributed by atoms with Crippen LogP contribution in [-0.2, 0) is 16.0 Å². The maximum Gasteiger partial charge on any atom is 0.225 e. The summed E-state index contributed by atoms with van der Waals surface area (Å²) < 4.78 is 0. The van der Waals surface area contributed by atoms with Crippen molar-refractivity contribution in [3.05, 3.63) is 65.2 Å². The first kappa shape index (κ1) is 28.0. The van der Waals surface area contributed by atoms with Gasteiger partial charge in [-0.25, -0.2) is 9.97 Å². The second-order valence-electron chi connectivity index (χ2n) is 9.75. The molecule has 1 fully saturated rings. The van der Waals surface area contributed by atoms with Crippen LogP contribution in [0.25, 0.3) is 11.3 Å². The number of pyridine rings is 1. The van der Waals surface area contributed by atoms with Gasteiger partial charge in [0.1, 0.15) is 28.5 Å². The van der Waals surface area contributed by atoms with Crippen LogP contribution in [0.2, 0.25) is 0 Å². The van der Waals surface area contributed by atoms with Crippen molar-refractivity contribution in [2.24, 2.45) is 5.92 Å². The summed E-state index contributed by atoms with van der Waals surface area (Å²) in [5, 5.41) is 11.8. The largest absolute Gasteiger partial charge is 0.382 e. The van der Waals surface area contributed by atoms with Crippen LogP contribution in [0.4, 0.5) is 11.5 Å². The summed E-state index contributed by atoms with van der Waals surface area (Å²) in [6, 6.07) is 14.6. The van der Waals surface area contributed by atoms with Crippen molar-refractivity contribution in [2.45, 2.75) is 25.5 Å². The van der Waals surface area contributed by atoms with Crippen molar-refractivity contribution >= 4 is 35.9 Å². The predicted octanol–water partition coefficient (Wildman–Crippen LogP) is 2.92. The van der Waals surface area contributed by atoms with Crippen molar-refractivity contribution in [1.82, 2.24) is 24.8 Å². The van der Waals surface area contributed by atoms with Gasteiger partial charge in [0.25, 0.3) is 0 Å². The summed E-state index contributed by atoms with van der Waals surface area (Å²) in [5.74, 6) is 0.102. The molecule has 10 nitrogen and oxygen atoms in total. The highest BCUT2D eigenvalue weighted by atomic mass is 32.1. The molecule has 39 heavy (non-hydrogen) atoms. The summed E-state index contributed by atoms with van der Waals surface area (Å²) in [6.45, 7) is 6.59. The third-order valence-electron chi connectivity index (χ3n) is 6.65. The Bertz CT molecular complexity index is 1400. The average molecular weight is 545 g/mol. The summed E-state index contributed by atoms with van der Waals surface area (Å²) in [4.78, 5) is 42.2. The number of nitrogens with two attached hydrogens (primary N) is 1. The maximum absolute atomic E-state index is 13.0. The number of nitrogens with one attached hydrogen (secondary N) is 1. The van der Waals surface area contributed by atoms with Crippen molar-refractivity contribution in [2.75, 3.05) is 44.3 Å². The lowest BCUT2D eigenvalue weighted by molar-refractivity contribution is -0.136. The van der Waals surface area contributed by atoms with Gasteiger partial charge in [-0.15, -0.1) is 0 Å². The van der Waals surface area contributed by atoms with E-state index >= 15 is 0 Å². The number of nitrogen functional groups attached to an aromatic ring is 1. The van der Waals surface area contributed by atoms with E-state index < -0.39 is 5.25 Å². The molecule has 3 N–H and O–H groups in total. The maximum atomic E-state index is 13.0. The number of benzene rings is 1. The molecule has 2 unspecified atom stereocenters. The Kier molecular flexibility index (Phi) is 8.79. The highest BCUT2D eigenvalue weighted by Crippen LogP contribution is 2.31. The Morgan fingerprint density at radius 2 is 1.79 bits per heavy atom. The molecule has 0 radical (unpaired) electrons. The van der Waals surface area contributed by atoms with Gasteiger partial charge in [0.15, 0.2) is 0 Å². The first-order valence-electron chi connectivity index (χ1n) is 12.7. The van der Waals surface area contributed by atoms with Gasteiger partial charge in [-0.2, -0.15) is 17.9 Å². The van der Waals surface area contributed by atoms with Crippen molar-refractivity contribution in [3.8, 4) is 17.3 Å². The first-order chi connectivity index (χ1) is 18.7. The van der Waals surface area contributed by atoms with E-state index in [2.05, 4.69) is 33.3 Å². The number of nitrogens with zero attached hydrogens (tertiary/aromatic N) is 6. The summed E-state index contributed by atoms with van der Waals surface area (Å²) in [5.41, 5.74) is 9.35. The fourth-order valence-electron chi connectivity index (χ4n) is 4.49. The average Bonchev–Trinajstić information content (AvgIpc) is 2.92. The number of nitriles is 1. The van der Waals surface area contributed by atoms with Crippen LogP contribution in [0, 0.1) is 17.2 Å². The number of hydrogen-bond donors (Lipinski definition) is 3. The van der Waals surface area contributed by atoms with E-state index in [0.717, 1.165) is 31.9 Å². The van der Waals surface area contributed by atoms with Gasteiger partial charge in [-0.3, -0.25) is 14.6 Å². The first-order valence-corrected chi connectivity index (χ1v) is 13.2. The molecule has 3 aromatic rings. The van der Waals surface area contributed by atoms with Crippen LogP contribution < -0.4 is 11.1 Å². The molecule has 2 atom stereocenters. The molecule has 1 aromatic carbocycles. The molecule has 11 heteroatoms. The molecule has 0 saturated carbocycles. The van der Waals surface area contributed by atoms with E-state index in [1.165, 1.54) is 6.92 Å². The summed E-state index contributed by atoms with van der Waals surface area (Å²) in [7, 11) is 2.06. The summed E-state index contributed by atoms with van der Waals surface area (Å²) in [6.07, 6.45) is 0.502. The number of carbonyl (C=O) groups excluding carboxylic acids is 2. The quantitative estimate of drug-likeness (QED) is 0.386. The topological polar surface area (TPSA) is 141 Å². The highest BCUT2D eigenvalue weighted by molar-refractivity contribution is 7.80. The zero-order valence-electron chi connectivity index (χ0n) is 22.3. The van der Waals surface area contributed by atoms with Gasteiger partial charge in [0, 0.05) is 62.4 Å². The third kappa shape index (κ3) is 6.71. The van der Waals surface area contributed by atoms with Crippen molar-refractivity contribution < 1.29 is 9.59 Å². The van der Waals surface area contributed by atoms with Gasteiger partial charge >= 0.3 is 0 Å². The van der Waals surface area contributed by atoms with E-state index in [-0.39, 0.29) is 29.1 Å². The van der Waals surface area contributed by atoms with Gasteiger partial charge in [-0.05, 0) is 31.3 Å². The number of anilines is 2. The minimum atomic E-state index is -0.610. The zero-order valence-corrected chi connectivity index (χ0v) is 23.2. The van der Waals surface area contributed by atoms with E-state index in [1.54, 1.807) is 24.3 Å². The molecule has 0 aliphatic carbocycles. The van der Waals surface area contributed by atoms with Crippen LogP contribution in [0.1, 0.15) is 41.9 Å². The van der Waals surface area contributed by atoms with E-state index in [9.17, 15) is 14.9 Å². The molecule has 4 rings (SSSR count). The molecule has 1 saturated heterocycles. The Morgan fingerprint density at radius 3 is 2.44 bits per heavy atom. The Morgan fingerprint density at radius 1 is 1.10 bits per heavy atom. The molecule has 2 amide bonds. The molecule has 1 aliphatic rings. The van der Waals surface area contributed by atoms with E-state index in [1.807, 2.05) is 30.0 Å². The standard InChI is InChI=1S/C28H32N8O2S/c1-17(28(38)36-13-11-35(3)12-14-36)15-21-5-4-6-23(32-21)25(39)27-33-24(22(16-29)26(30)34-27)19-7-9-20(10-8-19)31-18(2)37/h4-10,17,25,39H,11-15H2,1-3H3,(H,31,37)(H2,30,33,34). The van der Waals surface area contributed by atoms with Crippen molar-refractivity contribution in [3.63, 3.8) is 0 Å². The number of rotatable bonds is 7. The second-order valence-corrected chi connectivity index (χ2v) is 10.3. The van der Waals surface area contributed by atoms with E-state index in [4.69, 9.17) is 23.3 Å². The van der Waals surface area contributed by atoms with Gasteiger partial charge in [-0.1, -0.05) is 25.1 Å². The number of aromatic nitrogens is 3. The van der Waals surface area contributed by atoms with Gasteiger partial charge in [0.2, 0.25) is 11.8 Å². The normalized spacial score (nSPS) is 15.3. The molecular formula is C28H32N8O2S.